The Morgan fingerprint density at radius 3 is 2.52 bits per heavy atom. The first-order valence-corrected chi connectivity index (χ1v) is 7.46. The molecule has 0 saturated carbocycles. The molecule has 0 fully saturated rings. The molecule has 2 rings (SSSR count). The lowest BCUT2D eigenvalue weighted by molar-refractivity contribution is -0.136. The smallest absolute Gasteiger partial charge is 0.313 e. The number of carbonyl (C=O) groups is 2. The summed E-state index contributed by atoms with van der Waals surface area (Å²) in [6.45, 7) is 0.0888. The molecule has 25 heavy (non-hydrogen) atoms. The number of hydrogen-bond donors (Lipinski definition) is 2. The molecule has 134 valence electrons. The minimum absolute atomic E-state index is 0.0888. The van der Waals surface area contributed by atoms with Crippen molar-refractivity contribution in [2.75, 3.05) is 33.2 Å². The number of rotatable bonds is 7. The summed E-state index contributed by atoms with van der Waals surface area (Å²) >= 11 is 0. The van der Waals surface area contributed by atoms with E-state index in [9.17, 15) is 9.59 Å². The predicted octanol–water partition coefficient (Wildman–Crippen LogP) is 1.74. The Balaban J connectivity index is 1.97. The molecule has 8 heteroatoms. The highest BCUT2D eigenvalue weighted by molar-refractivity contribution is 6.39. The maximum atomic E-state index is 12.1. The Bertz CT molecular complexity index is 714. The molecule has 1 aromatic heterocycles. The van der Waals surface area contributed by atoms with Crippen molar-refractivity contribution in [1.82, 2.24) is 5.32 Å². The van der Waals surface area contributed by atoms with Crippen molar-refractivity contribution < 1.29 is 28.2 Å². The zero-order valence-electron chi connectivity index (χ0n) is 14.2. The van der Waals surface area contributed by atoms with Crippen LogP contribution >= 0.6 is 0 Å². The summed E-state index contributed by atoms with van der Waals surface area (Å²) in [6, 6.07) is 8.31. The zero-order valence-corrected chi connectivity index (χ0v) is 14.2. The molecule has 2 amide bonds. The van der Waals surface area contributed by atoms with Gasteiger partial charge >= 0.3 is 11.8 Å². The first-order valence-electron chi connectivity index (χ1n) is 7.46. The molecular weight excluding hydrogens is 328 g/mol. The van der Waals surface area contributed by atoms with Crippen LogP contribution in [0.15, 0.2) is 41.0 Å². The first-order chi connectivity index (χ1) is 12.1. The van der Waals surface area contributed by atoms with E-state index in [2.05, 4.69) is 10.6 Å². The molecule has 0 aliphatic heterocycles. The van der Waals surface area contributed by atoms with Crippen LogP contribution in [0.1, 0.15) is 11.9 Å². The van der Waals surface area contributed by atoms with Crippen molar-refractivity contribution in [2.45, 2.75) is 6.10 Å². The summed E-state index contributed by atoms with van der Waals surface area (Å²) in [5.41, 5.74) is 0.330. The maximum Gasteiger partial charge on any atom is 0.313 e. The quantitative estimate of drug-likeness (QED) is 0.740. The molecule has 8 nitrogen and oxygen atoms in total. The average molecular weight is 348 g/mol. The summed E-state index contributed by atoms with van der Waals surface area (Å²) in [5, 5.41) is 4.99. The molecule has 0 aliphatic carbocycles. The van der Waals surface area contributed by atoms with Crippen LogP contribution in [0, 0.1) is 0 Å². The second-order valence-corrected chi connectivity index (χ2v) is 4.97. The van der Waals surface area contributed by atoms with Crippen molar-refractivity contribution in [2.24, 2.45) is 0 Å². The summed E-state index contributed by atoms with van der Waals surface area (Å²) in [6.07, 6.45) is 1.02. The van der Waals surface area contributed by atoms with Gasteiger partial charge in [-0.25, -0.2) is 0 Å². The fourth-order valence-electron chi connectivity index (χ4n) is 2.13. The summed E-state index contributed by atoms with van der Waals surface area (Å²) < 4.78 is 20.7. The van der Waals surface area contributed by atoms with Crippen molar-refractivity contribution >= 4 is 17.5 Å². The fourth-order valence-corrected chi connectivity index (χ4v) is 2.13. The molecule has 1 atom stereocenters. The Morgan fingerprint density at radius 2 is 1.92 bits per heavy atom. The molecule has 0 bridgehead atoms. The largest absolute Gasteiger partial charge is 0.497 e. The van der Waals surface area contributed by atoms with Gasteiger partial charge in [-0.3, -0.25) is 9.59 Å². The van der Waals surface area contributed by atoms with E-state index in [1.807, 2.05) is 0 Å². The Kier molecular flexibility index (Phi) is 6.41. The number of benzene rings is 1. The summed E-state index contributed by atoms with van der Waals surface area (Å²) in [4.78, 5) is 24.1. The first kappa shape index (κ1) is 18.3. The number of furan rings is 1. The second kappa shape index (κ2) is 8.74. The van der Waals surface area contributed by atoms with Gasteiger partial charge in [0.25, 0.3) is 0 Å². The average Bonchev–Trinajstić information content (AvgIpc) is 3.16. The normalized spacial score (nSPS) is 11.5. The summed E-state index contributed by atoms with van der Waals surface area (Å²) in [7, 11) is 4.45. The Labute approximate surface area is 145 Å². The van der Waals surface area contributed by atoms with Gasteiger partial charge in [0.15, 0.2) is 0 Å². The highest BCUT2D eigenvalue weighted by Gasteiger charge is 2.20. The standard InChI is InChI=1S/C17H20N2O6/c1-22-11-6-7-13(23-2)12(9-11)19-17(21)16(20)18-10-15(24-3)14-5-4-8-25-14/h4-9,15H,10H2,1-3H3,(H,18,20)(H,19,21). The second-order valence-electron chi connectivity index (χ2n) is 4.97. The molecule has 0 spiro atoms. The minimum atomic E-state index is -0.833. The Hall–Kier alpha value is -3.00. The van der Waals surface area contributed by atoms with Gasteiger partial charge in [0.2, 0.25) is 0 Å². The molecule has 1 unspecified atom stereocenters. The lowest BCUT2D eigenvalue weighted by atomic mass is 10.2. The van der Waals surface area contributed by atoms with Crippen LogP contribution in [0.3, 0.4) is 0 Å². The Morgan fingerprint density at radius 1 is 1.12 bits per heavy atom. The molecule has 1 heterocycles. The van der Waals surface area contributed by atoms with Crippen molar-refractivity contribution in [3.63, 3.8) is 0 Å². The lowest BCUT2D eigenvalue weighted by Crippen LogP contribution is -2.38. The van der Waals surface area contributed by atoms with E-state index in [0.29, 0.717) is 22.9 Å². The van der Waals surface area contributed by atoms with Gasteiger partial charge in [-0.05, 0) is 24.3 Å². The van der Waals surface area contributed by atoms with Crippen LogP contribution in [0.5, 0.6) is 11.5 Å². The van der Waals surface area contributed by atoms with Gasteiger partial charge in [0.1, 0.15) is 23.4 Å². The molecule has 2 N–H and O–H groups in total. The number of nitrogens with one attached hydrogen (secondary N) is 2. The highest BCUT2D eigenvalue weighted by atomic mass is 16.5. The molecule has 0 saturated heterocycles. The van der Waals surface area contributed by atoms with Crippen LogP contribution in [0.25, 0.3) is 0 Å². The summed E-state index contributed by atoms with van der Waals surface area (Å²) in [5.74, 6) is -0.155. The van der Waals surface area contributed by atoms with Crippen LogP contribution < -0.4 is 20.1 Å². The van der Waals surface area contributed by atoms with Gasteiger partial charge in [-0.15, -0.1) is 0 Å². The monoisotopic (exact) mass is 348 g/mol. The number of anilines is 1. The topological polar surface area (TPSA) is 99.0 Å². The molecule has 1 aromatic carbocycles. The van der Waals surface area contributed by atoms with Gasteiger partial charge in [-0.1, -0.05) is 0 Å². The number of carbonyl (C=O) groups excluding carboxylic acids is 2. The third-order valence-corrected chi connectivity index (χ3v) is 3.45. The van der Waals surface area contributed by atoms with Gasteiger partial charge in [-0.2, -0.15) is 0 Å². The van der Waals surface area contributed by atoms with E-state index in [0.717, 1.165) is 0 Å². The van der Waals surface area contributed by atoms with Crippen LogP contribution in [0.4, 0.5) is 5.69 Å². The van der Waals surface area contributed by atoms with Crippen LogP contribution in [0.2, 0.25) is 0 Å². The van der Waals surface area contributed by atoms with Crippen molar-refractivity contribution in [1.29, 1.82) is 0 Å². The van der Waals surface area contributed by atoms with E-state index in [1.165, 1.54) is 27.6 Å². The van der Waals surface area contributed by atoms with Gasteiger partial charge in [0.05, 0.1) is 32.7 Å². The molecule has 2 aromatic rings. The van der Waals surface area contributed by atoms with Crippen molar-refractivity contribution in [3.05, 3.63) is 42.4 Å². The van der Waals surface area contributed by atoms with Crippen molar-refractivity contribution in [3.8, 4) is 11.5 Å². The number of methoxy groups -OCH3 is 3. The zero-order chi connectivity index (χ0) is 18.2. The SMILES string of the molecule is COc1ccc(OC)c(NC(=O)C(=O)NCC(OC)c2ccco2)c1. The van der Waals surface area contributed by atoms with E-state index in [4.69, 9.17) is 18.6 Å². The van der Waals surface area contributed by atoms with E-state index < -0.39 is 17.9 Å². The van der Waals surface area contributed by atoms with E-state index >= 15 is 0 Å². The van der Waals surface area contributed by atoms with E-state index in [-0.39, 0.29) is 6.54 Å². The third-order valence-electron chi connectivity index (χ3n) is 3.45. The van der Waals surface area contributed by atoms with Crippen LogP contribution in [-0.4, -0.2) is 39.7 Å². The maximum absolute atomic E-state index is 12.1. The molecular formula is C17H20N2O6. The highest BCUT2D eigenvalue weighted by Crippen LogP contribution is 2.28. The molecule has 0 radical (unpaired) electrons. The van der Waals surface area contributed by atoms with E-state index in [1.54, 1.807) is 30.3 Å². The van der Waals surface area contributed by atoms with Gasteiger partial charge in [0, 0.05) is 13.2 Å². The molecule has 0 aliphatic rings. The number of ether oxygens (including phenoxy) is 3. The third kappa shape index (κ3) is 4.74. The number of hydrogen-bond acceptors (Lipinski definition) is 6. The number of amides is 2. The fraction of sp³-hybridized carbons (Fsp3) is 0.294. The van der Waals surface area contributed by atoms with Crippen LogP contribution in [-0.2, 0) is 14.3 Å². The minimum Gasteiger partial charge on any atom is -0.497 e. The van der Waals surface area contributed by atoms with Gasteiger partial charge < -0.3 is 29.3 Å². The lowest BCUT2D eigenvalue weighted by Gasteiger charge is -2.14. The predicted molar refractivity (Wildman–Crippen MR) is 89.6 cm³/mol.